The normalized spacial score (nSPS) is 11.1. The lowest BCUT2D eigenvalue weighted by Crippen LogP contribution is -2.21. The van der Waals surface area contributed by atoms with Crippen molar-refractivity contribution in [1.29, 1.82) is 0 Å². The monoisotopic (exact) mass is 302 g/mol. The SMILES string of the molecule is Cc1ccc(S(N)(=O)=O)cc1NC(=O)COCC(=O)O. The second-order valence-corrected chi connectivity index (χ2v) is 5.52. The molecule has 0 aliphatic heterocycles. The van der Waals surface area contributed by atoms with Crippen molar-refractivity contribution in [3.8, 4) is 0 Å². The molecule has 110 valence electrons. The average Bonchev–Trinajstić information content (AvgIpc) is 2.30. The van der Waals surface area contributed by atoms with E-state index in [2.05, 4.69) is 10.1 Å². The van der Waals surface area contributed by atoms with Crippen LogP contribution in [0.15, 0.2) is 23.1 Å². The van der Waals surface area contributed by atoms with E-state index in [9.17, 15) is 18.0 Å². The van der Waals surface area contributed by atoms with Gasteiger partial charge in [0.1, 0.15) is 13.2 Å². The molecule has 0 bridgehead atoms. The quantitative estimate of drug-likeness (QED) is 0.659. The number of carbonyl (C=O) groups excluding carboxylic acids is 1. The number of rotatable bonds is 6. The molecule has 1 aromatic carbocycles. The van der Waals surface area contributed by atoms with E-state index in [4.69, 9.17) is 10.2 Å². The van der Waals surface area contributed by atoms with Gasteiger partial charge in [-0.15, -0.1) is 0 Å². The first-order chi connectivity index (χ1) is 9.20. The molecule has 0 spiro atoms. The van der Waals surface area contributed by atoms with Crippen LogP contribution in [-0.2, 0) is 24.3 Å². The zero-order valence-electron chi connectivity index (χ0n) is 10.6. The third-order valence-electron chi connectivity index (χ3n) is 2.27. The molecule has 4 N–H and O–H groups in total. The van der Waals surface area contributed by atoms with E-state index in [1.807, 2.05) is 0 Å². The summed E-state index contributed by atoms with van der Waals surface area (Å²) in [5.74, 6) is -1.79. The molecule has 0 heterocycles. The van der Waals surface area contributed by atoms with Gasteiger partial charge in [0.15, 0.2) is 0 Å². The van der Waals surface area contributed by atoms with Gasteiger partial charge in [0, 0.05) is 5.69 Å². The number of ether oxygens (including phenoxy) is 1. The number of benzene rings is 1. The fraction of sp³-hybridized carbons (Fsp3) is 0.273. The van der Waals surface area contributed by atoms with Crippen LogP contribution in [0, 0.1) is 6.92 Å². The van der Waals surface area contributed by atoms with Gasteiger partial charge in [0.25, 0.3) is 0 Å². The Labute approximate surface area is 115 Å². The number of amides is 1. The number of aryl methyl sites for hydroxylation is 1. The van der Waals surface area contributed by atoms with Crippen LogP contribution in [0.1, 0.15) is 5.56 Å². The Bertz CT molecular complexity index is 626. The Hall–Kier alpha value is -1.97. The molecule has 0 aliphatic carbocycles. The van der Waals surface area contributed by atoms with Crippen LogP contribution in [0.2, 0.25) is 0 Å². The maximum atomic E-state index is 11.5. The highest BCUT2D eigenvalue weighted by Crippen LogP contribution is 2.19. The summed E-state index contributed by atoms with van der Waals surface area (Å²) in [5.41, 5.74) is 0.893. The van der Waals surface area contributed by atoms with Crippen molar-refractivity contribution in [1.82, 2.24) is 0 Å². The van der Waals surface area contributed by atoms with Crippen molar-refractivity contribution in [3.05, 3.63) is 23.8 Å². The molecule has 0 aromatic heterocycles. The summed E-state index contributed by atoms with van der Waals surface area (Å²) in [6.45, 7) is 0.621. The van der Waals surface area contributed by atoms with Crippen LogP contribution < -0.4 is 10.5 Å². The van der Waals surface area contributed by atoms with Gasteiger partial charge >= 0.3 is 5.97 Å². The van der Waals surface area contributed by atoms with Crippen molar-refractivity contribution in [3.63, 3.8) is 0 Å². The molecular formula is C11H14N2O6S. The Morgan fingerprint density at radius 1 is 1.35 bits per heavy atom. The number of carboxylic acid groups (broad SMARTS) is 1. The van der Waals surface area contributed by atoms with Gasteiger partial charge in [-0.05, 0) is 24.6 Å². The zero-order valence-corrected chi connectivity index (χ0v) is 11.4. The average molecular weight is 302 g/mol. The molecule has 0 atom stereocenters. The summed E-state index contributed by atoms with van der Waals surface area (Å²) in [4.78, 5) is 21.6. The van der Waals surface area contributed by atoms with Crippen molar-refractivity contribution in [2.75, 3.05) is 18.5 Å². The molecule has 1 amide bonds. The highest BCUT2D eigenvalue weighted by molar-refractivity contribution is 7.89. The molecule has 0 saturated carbocycles. The summed E-state index contributed by atoms with van der Waals surface area (Å²) in [6, 6.07) is 4.04. The number of sulfonamides is 1. The van der Waals surface area contributed by atoms with Crippen molar-refractivity contribution in [2.45, 2.75) is 11.8 Å². The van der Waals surface area contributed by atoms with Gasteiger partial charge in [0.05, 0.1) is 4.90 Å². The smallest absolute Gasteiger partial charge is 0.329 e. The molecular weight excluding hydrogens is 288 g/mol. The van der Waals surface area contributed by atoms with Gasteiger partial charge in [-0.1, -0.05) is 6.07 Å². The number of aliphatic carboxylic acids is 1. The van der Waals surface area contributed by atoms with Gasteiger partial charge in [-0.3, -0.25) is 4.79 Å². The molecule has 1 rings (SSSR count). The second kappa shape index (κ2) is 6.46. The number of carbonyl (C=O) groups is 2. The maximum absolute atomic E-state index is 11.5. The van der Waals surface area contributed by atoms with Crippen LogP contribution in [-0.4, -0.2) is 38.6 Å². The Balaban J connectivity index is 2.77. The number of primary sulfonamides is 1. The molecule has 1 aromatic rings. The lowest BCUT2D eigenvalue weighted by Gasteiger charge is -2.09. The largest absolute Gasteiger partial charge is 0.480 e. The minimum atomic E-state index is -3.87. The molecule has 0 aliphatic rings. The van der Waals surface area contributed by atoms with Gasteiger partial charge in [-0.25, -0.2) is 18.4 Å². The lowest BCUT2D eigenvalue weighted by molar-refractivity contribution is -0.143. The number of hydrogen-bond donors (Lipinski definition) is 3. The number of nitrogens with two attached hydrogens (primary N) is 1. The summed E-state index contributed by atoms with van der Waals surface area (Å²) >= 11 is 0. The predicted molar refractivity (Wildman–Crippen MR) is 69.6 cm³/mol. The van der Waals surface area contributed by atoms with Crippen LogP contribution in [0.3, 0.4) is 0 Å². The van der Waals surface area contributed by atoms with Crippen LogP contribution in [0.4, 0.5) is 5.69 Å². The van der Waals surface area contributed by atoms with E-state index in [0.29, 0.717) is 5.56 Å². The number of carboxylic acids is 1. The summed E-state index contributed by atoms with van der Waals surface area (Å²) in [7, 11) is -3.87. The minimum absolute atomic E-state index is 0.134. The van der Waals surface area contributed by atoms with E-state index in [-0.39, 0.29) is 10.6 Å². The van der Waals surface area contributed by atoms with E-state index in [1.54, 1.807) is 6.92 Å². The van der Waals surface area contributed by atoms with E-state index < -0.39 is 35.1 Å². The minimum Gasteiger partial charge on any atom is -0.480 e. The van der Waals surface area contributed by atoms with Crippen molar-refractivity contribution < 1.29 is 27.9 Å². The molecule has 9 heteroatoms. The van der Waals surface area contributed by atoms with Crippen molar-refractivity contribution in [2.24, 2.45) is 5.14 Å². The Kier molecular flexibility index (Phi) is 5.19. The maximum Gasteiger partial charge on any atom is 0.329 e. The molecule has 0 radical (unpaired) electrons. The third kappa shape index (κ3) is 4.96. The van der Waals surface area contributed by atoms with Crippen LogP contribution >= 0.6 is 0 Å². The highest BCUT2D eigenvalue weighted by atomic mass is 32.2. The fourth-order valence-electron chi connectivity index (χ4n) is 1.33. The Morgan fingerprint density at radius 2 is 2.00 bits per heavy atom. The Morgan fingerprint density at radius 3 is 2.55 bits per heavy atom. The van der Waals surface area contributed by atoms with Crippen LogP contribution in [0.5, 0.6) is 0 Å². The van der Waals surface area contributed by atoms with Crippen LogP contribution in [0.25, 0.3) is 0 Å². The van der Waals surface area contributed by atoms with E-state index in [1.165, 1.54) is 18.2 Å². The first-order valence-electron chi connectivity index (χ1n) is 5.43. The third-order valence-corrected chi connectivity index (χ3v) is 3.18. The summed E-state index contributed by atoms with van der Waals surface area (Å²) in [5, 5.41) is 15.8. The molecule has 0 saturated heterocycles. The lowest BCUT2D eigenvalue weighted by atomic mass is 10.2. The van der Waals surface area contributed by atoms with E-state index in [0.717, 1.165) is 0 Å². The highest BCUT2D eigenvalue weighted by Gasteiger charge is 2.12. The summed E-state index contributed by atoms with van der Waals surface area (Å²) in [6.07, 6.45) is 0. The number of nitrogens with one attached hydrogen (secondary N) is 1. The molecule has 20 heavy (non-hydrogen) atoms. The van der Waals surface area contributed by atoms with Crippen molar-refractivity contribution >= 4 is 27.6 Å². The van der Waals surface area contributed by atoms with Gasteiger partial charge < -0.3 is 15.2 Å². The molecule has 0 fully saturated rings. The zero-order chi connectivity index (χ0) is 15.3. The first kappa shape index (κ1) is 16.1. The van der Waals surface area contributed by atoms with Gasteiger partial charge in [-0.2, -0.15) is 0 Å². The van der Waals surface area contributed by atoms with E-state index >= 15 is 0 Å². The summed E-state index contributed by atoms with van der Waals surface area (Å²) < 4.78 is 27.0. The first-order valence-corrected chi connectivity index (χ1v) is 6.97. The number of hydrogen-bond acceptors (Lipinski definition) is 5. The topological polar surface area (TPSA) is 136 Å². The second-order valence-electron chi connectivity index (χ2n) is 3.96. The molecule has 8 nitrogen and oxygen atoms in total. The molecule has 0 unspecified atom stereocenters. The fourth-order valence-corrected chi connectivity index (χ4v) is 1.87. The predicted octanol–water partition coefficient (Wildman–Crippen LogP) is -0.318. The standard InChI is InChI=1S/C11H14N2O6S/c1-7-2-3-8(20(12,17)18)4-9(7)13-10(14)5-19-6-11(15)16/h2-4H,5-6H2,1H3,(H,13,14)(H,15,16)(H2,12,17,18). The number of anilines is 1. The van der Waals surface area contributed by atoms with Gasteiger partial charge in [0.2, 0.25) is 15.9 Å².